The van der Waals surface area contributed by atoms with Crippen LogP contribution in [0.15, 0.2) is 42.7 Å². The Bertz CT molecular complexity index is 686. The van der Waals surface area contributed by atoms with Crippen LogP contribution in [0.5, 0.6) is 0 Å². The van der Waals surface area contributed by atoms with E-state index in [1.807, 2.05) is 18.2 Å². The van der Waals surface area contributed by atoms with E-state index in [-0.39, 0.29) is 5.91 Å². The Hall–Kier alpha value is -2.76. The Morgan fingerprint density at radius 3 is 2.59 bits per heavy atom. The Morgan fingerprint density at radius 2 is 1.95 bits per heavy atom. The lowest BCUT2D eigenvalue weighted by atomic mass is 10.1. The van der Waals surface area contributed by atoms with Crippen molar-refractivity contribution in [1.82, 2.24) is 14.9 Å². The molecule has 1 saturated heterocycles. The maximum atomic E-state index is 12.4. The van der Waals surface area contributed by atoms with Crippen molar-refractivity contribution in [2.75, 3.05) is 6.54 Å². The Kier molecular flexibility index (Phi) is 3.82. The molecule has 6 nitrogen and oxygen atoms in total. The molecule has 1 amide bonds. The molecule has 1 aliphatic rings. The number of amides is 1. The van der Waals surface area contributed by atoms with Crippen LogP contribution >= 0.6 is 0 Å². The zero-order valence-electron chi connectivity index (χ0n) is 11.8. The lowest BCUT2D eigenvalue weighted by Gasteiger charge is -2.21. The lowest BCUT2D eigenvalue weighted by Crippen LogP contribution is -2.40. The molecule has 1 N–H and O–H groups in total. The molecule has 0 saturated carbocycles. The van der Waals surface area contributed by atoms with E-state index < -0.39 is 12.0 Å². The van der Waals surface area contributed by atoms with E-state index in [1.54, 1.807) is 18.3 Å². The molecule has 1 fully saturated rings. The molecule has 0 spiro atoms. The Balaban J connectivity index is 1.81. The molecule has 0 radical (unpaired) electrons. The smallest absolute Gasteiger partial charge is 0.326 e. The summed E-state index contributed by atoms with van der Waals surface area (Å²) in [5.74, 6) is -1.24. The molecule has 1 atom stereocenters. The number of aromatic nitrogens is 2. The number of rotatable bonds is 3. The number of nitrogens with zero attached hydrogens (tertiary/aromatic N) is 3. The van der Waals surface area contributed by atoms with E-state index in [9.17, 15) is 9.59 Å². The fraction of sp³-hybridized carbons (Fsp3) is 0.250. The minimum atomic E-state index is -0.955. The summed E-state index contributed by atoms with van der Waals surface area (Å²) in [4.78, 5) is 33.4. The first kappa shape index (κ1) is 14.2. The normalized spacial score (nSPS) is 17.5. The van der Waals surface area contributed by atoms with Crippen LogP contribution in [0.25, 0.3) is 11.4 Å². The number of hydrogen-bond donors (Lipinski definition) is 1. The highest BCUT2D eigenvalue weighted by Gasteiger charge is 2.34. The van der Waals surface area contributed by atoms with E-state index in [0.29, 0.717) is 30.6 Å². The third-order valence-electron chi connectivity index (χ3n) is 3.74. The van der Waals surface area contributed by atoms with Gasteiger partial charge in [0, 0.05) is 18.9 Å². The van der Waals surface area contributed by atoms with Crippen molar-refractivity contribution in [1.29, 1.82) is 0 Å². The van der Waals surface area contributed by atoms with Crippen molar-refractivity contribution in [2.24, 2.45) is 0 Å². The molecule has 3 rings (SSSR count). The zero-order chi connectivity index (χ0) is 15.5. The molecule has 1 aliphatic heterocycles. The van der Waals surface area contributed by atoms with Gasteiger partial charge in [-0.15, -0.1) is 0 Å². The average molecular weight is 297 g/mol. The second kappa shape index (κ2) is 5.93. The maximum Gasteiger partial charge on any atom is 0.326 e. The molecule has 2 aromatic heterocycles. The van der Waals surface area contributed by atoms with Crippen molar-refractivity contribution in [3.8, 4) is 11.4 Å². The van der Waals surface area contributed by atoms with Crippen LogP contribution in [0, 0.1) is 0 Å². The lowest BCUT2D eigenvalue weighted by molar-refractivity contribution is -0.141. The summed E-state index contributed by atoms with van der Waals surface area (Å²) >= 11 is 0. The third kappa shape index (κ3) is 2.67. The molecule has 22 heavy (non-hydrogen) atoms. The van der Waals surface area contributed by atoms with Gasteiger partial charge in [-0.1, -0.05) is 6.07 Å². The number of aliphatic carboxylic acids is 1. The number of hydrogen-bond acceptors (Lipinski definition) is 4. The quantitative estimate of drug-likeness (QED) is 0.934. The van der Waals surface area contributed by atoms with Crippen LogP contribution in [-0.4, -0.2) is 44.4 Å². The van der Waals surface area contributed by atoms with Crippen molar-refractivity contribution < 1.29 is 14.7 Å². The van der Waals surface area contributed by atoms with Crippen LogP contribution < -0.4 is 0 Å². The molecule has 0 aromatic carbocycles. The summed E-state index contributed by atoms with van der Waals surface area (Å²) in [5.41, 5.74) is 1.80. The number of likely N-dealkylation sites (tertiary alicyclic amines) is 1. The standard InChI is InChI=1S/C16H15N3O3/c20-15(19-9-3-5-14(19)16(21)22)11-6-7-13(18-10-11)12-4-1-2-8-17-12/h1-2,4,6-8,10,14H,3,5,9H2,(H,21,22). The van der Waals surface area contributed by atoms with Crippen molar-refractivity contribution >= 4 is 11.9 Å². The Morgan fingerprint density at radius 1 is 1.14 bits per heavy atom. The summed E-state index contributed by atoms with van der Waals surface area (Å²) in [6.45, 7) is 0.470. The second-order valence-electron chi connectivity index (χ2n) is 5.14. The van der Waals surface area contributed by atoms with Crippen molar-refractivity contribution in [2.45, 2.75) is 18.9 Å². The van der Waals surface area contributed by atoms with Gasteiger partial charge in [-0.25, -0.2) is 4.79 Å². The van der Waals surface area contributed by atoms with Gasteiger partial charge in [0.25, 0.3) is 5.91 Å². The summed E-state index contributed by atoms with van der Waals surface area (Å²) in [7, 11) is 0. The highest BCUT2D eigenvalue weighted by Crippen LogP contribution is 2.21. The van der Waals surface area contributed by atoms with E-state index in [4.69, 9.17) is 5.11 Å². The highest BCUT2D eigenvalue weighted by atomic mass is 16.4. The van der Waals surface area contributed by atoms with Crippen LogP contribution in [-0.2, 0) is 4.79 Å². The maximum absolute atomic E-state index is 12.4. The van der Waals surface area contributed by atoms with Crippen LogP contribution in [0.1, 0.15) is 23.2 Å². The van der Waals surface area contributed by atoms with Gasteiger partial charge in [0.05, 0.1) is 17.0 Å². The zero-order valence-corrected chi connectivity index (χ0v) is 11.8. The largest absolute Gasteiger partial charge is 0.480 e. The van der Waals surface area contributed by atoms with Gasteiger partial charge >= 0.3 is 5.97 Å². The molecular weight excluding hydrogens is 282 g/mol. The first-order valence-corrected chi connectivity index (χ1v) is 7.08. The number of carbonyl (C=O) groups is 2. The Labute approximate surface area is 127 Å². The molecule has 0 bridgehead atoms. The molecule has 3 heterocycles. The van der Waals surface area contributed by atoms with Gasteiger partial charge in [-0.2, -0.15) is 0 Å². The topological polar surface area (TPSA) is 83.4 Å². The predicted molar refractivity (Wildman–Crippen MR) is 79.2 cm³/mol. The summed E-state index contributed by atoms with van der Waals surface area (Å²) in [5, 5.41) is 9.15. The van der Waals surface area contributed by atoms with Gasteiger partial charge in [0.2, 0.25) is 0 Å². The van der Waals surface area contributed by atoms with E-state index in [2.05, 4.69) is 9.97 Å². The molecule has 112 valence electrons. The summed E-state index contributed by atoms with van der Waals surface area (Å²) < 4.78 is 0. The first-order chi connectivity index (χ1) is 10.7. The number of carboxylic acids is 1. The van der Waals surface area contributed by atoms with Gasteiger partial charge in [-0.3, -0.25) is 14.8 Å². The molecule has 0 aliphatic carbocycles. The fourth-order valence-corrected chi connectivity index (χ4v) is 2.62. The predicted octanol–water partition coefficient (Wildman–Crippen LogP) is 1.83. The minimum absolute atomic E-state index is 0.287. The van der Waals surface area contributed by atoms with Crippen LogP contribution in [0.2, 0.25) is 0 Å². The van der Waals surface area contributed by atoms with Crippen LogP contribution in [0.4, 0.5) is 0 Å². The second-order valence-corrected chi connectivity index (χ2v) is 5.14. The number of carboxylic acid groups (broad SMARTS) is 1. The third-order valence-corrected chi connectivity index (χ3v) is 3.74. The van der Waals surface area contributed by atoms with Gasteiger partial charge in [0.1, 0.15) is 6.04 Å². The summed E-state index contributed by atoms with van der Waals surface area (Å²) in [6.07, 6.45) is 4.37. The average Bonchev–Trinajstić information content (AvgIpc) is 3.05. The molecule has 2 aromatic rings. The van der Waals surface area contributed by atoms with Gasteiger partial charge < -0.3 is 10.0 Å². The van der Waals surface area contributed by atoms with E-state index in [1.165, 1.54) is 11.1 Å². The van der Waals surface area contributed by atoms with Crippen LogP contribution in [0.3, 0.4) is 0 Å². The molecule has 6 heteroatoms. The SMILES string of the molecule is O=C(O)C1CCCN1C(=O)c1ccc(-c2ccccn2)nc1. The number of carbonyl (C=O) groups excluding carboxylic acids is 1. The van der Waals surface area contributed by atoms with Gasteiger partial charge in [0.15, 0.2) is 0 Å². The summed E-state index contributed by atoms with van der Waals surface area (Å²) in [6, 6.07) is 8.18. The fourth-order valence-electron chi connectivity index (χ4n) is 2.62. The van der Waals surface area contributed by atoms with E-state index >= 15 is 0 Å². The number of pyridine rings is 2. The van der Waals surface area contributed by atoms with Crippen molar-refractivity contribution in [3.63, 3.8) is 0 Å². The van der Waals surface area contributed by atoms with Gasteiger partial charge in [-0.05, 0) is 37.1 Å². The molecular formula is C16H15N3O3. The highest BCUT2D eigenvalue weighted by molar-refractivity contribution is 5.96. The first-order valence-electron chi connectivity index (χ1n) is 7.08. The monoisotopic (exact) mass is 297 g/mol. The van der Waals surface area contributed by atoms with E-state index in [0.717, 1.165) is 5.69 Å². The van der Waals surface area contributed by atoms with Crippen molar-refractivity contribution in [3.05, 3.63) is 48.3 Å². The molecule has 1 unspecified atom stereocenters. The minimum Gasteiger partial charge on any atom is -0.480 e.